The Labute approximate surface area is 120 Å². The van der Waals surface area contributed by atoms with Gasteiger partial charge in [0.1, 0.15) is 5.75 Å². The minimum atomic E-state index is 0.597. The Morgan fingerprint density at radius 3 is 2.68 bits per heavy atom. The Morgan fingerprint density at radius 1 is 1.32 bits per heavy atom. The van der Waals surface area contributed by atoms with Crippen LogP contribution in [-0.4, -0.2) is 11.6 Å². The molecule has 1 aliphatic rings. The summed E-state index contributed by atoms with van der Waals surface area (Å²) in [4.78, 5) is 4.56. The van der Waals surface area contributed by atoms with Crippen molar-refractivity contribution in [2.75, 3.05) is 6.61 Å². The van der Waals surface area contributed by atoms with Gasteiger partial charge in [0, 0.05) is 17.1 Å². The summed E-state index contributed by atoms with van der Waals surface area (Å²) in [6, 6.07) is 4.16. The summed E-state index contributed by atoms with van der Waals surface area (Å²) in [5, 5.41) is 0. The lowest BCUT2D eigenvalue weighted by Gasteiger charge is -2.26. The van der Waals surface area contributed by atoms with Gasteiger partial charge in [-0.25, -0.2) is 0 Å². The van der Waals surface area contributed by atoms with Gasteiger partial charge in [0.2, 0.25) is 0 Å². The van der Waals surface area contributed by atoms with Crippen molar-refractivity contribution < 1.29 is 4.74 Å². The van der Waals surface area contributed by atoms with E-state index in [1.807, 2.05) is 12.3 Å². The van der Waals surface area contributed by atoms with E-state index in [1.54, 1.807) is 5.54 Å². The standard InChI is InChI=1S/C16H22ClNO/c1-2-11-19-15-7-8-16(18-12-15)14-5-3-13(4-6-14)9-10-17/h7-10,12-14H,2-6,11H2,1H3/b10-9+/t13-,14-. The van der Waals surface area contributed by atoms with Gasteiger partial charge in [-0.3, -0.25) is 4.98 Å². The molecule has 0 radical (unpaired) electrons. The molecular formula is C16H22ClNO. The predicted octanol–water partition coefficient (Wildman–Crippen LogP) is 4.90. The maximum absolute atomic E-state index is 5.64. The third kappa shape index (κ3) is 4.24. The fourth-order valence-corrected chi connectivity index (χ4v) is 2.85. The fraction of sp³-hybridized carbons (Fsp3) is 0.562. The Morgan fingerprint density at radius 2 is 2.11 bits per heavy atom. The molecule has 1 heterocycles. The summed E-state index contributed by atoms with van der Waals surface area (Å²) < 4.78 is 5.56. The average Bonchev–Trinajstić information content (AvgIpc) is 2.47. The molecule has 0 aromatic carbocycles. The number of halogens is 1. The van der Waals surface area contributed by atoms with Gasteiger partial charge in [0.15, 0.2) is 0 Å². The van der Waals surface area contributed by atoms with E-state index < -0.39 is 0 Å². The van der Waals surface area contributed by atoms with E-state index in [0.717, 1.165) is 18.8 Å². The first-order chi connectivity index (χ1) is 9.33. The fourth-order valence-electron chi connectivity index (χ4n) is 2.65. The van der Waals surface area contributed by atoms with Gasteiger partial charge in [0.05, 0.1) is 12.8 Å². The van der Waals surface area contributed by atoms with Crippen molar-refractivity contribution in [3.8, 4) is 5.75 Å². The summed E-state index contributed by atoms with van der Waals surface area (Å²) in [6.45, 7) is 2.87. The molecule has 1 aromatic heterocycles. The van der Waals surface area contributed by atoms with Crippen molar-refractivity contribution in [2.45, 2.75) is 44.9 Å². The zero-order valence-corrected chi connectivity index (χ0v) is 12.3. The predicted molar refractivity (Wildman–Crippen MR) is 79.7 cm³/mol. The molecule has 3 heteroatoms. The smallest absolute Gasteiger partial charge is 0.137 e. The maximum atomic E-state index is 5.64. The molecule has 1 fully saturated rings. The Bertz CT molecular complexity index is 394. The molecule has 2 nitrogen and oxygen atoms in total. The molecule has 1 aliphatic carbocycles. The highest BCUT2D eigenvalue weighted by Gasteiger charge is 2.21. The molecule has 0 amide bonds. The van der Waals surface area contributed by atoms with Gasteiger partial charge in [-0.2, -0.15) is 0 Å². The summed E-state index contributed by atoms with van der Waals surface area (Å²) in [5.41, 5.74) is 2.86. The average molecular weight is 280 g/mol. The van der Waals surface area contributed by atoms with Gasteiger partial charge in [0.25, 0.3) is 0 Å². The molecule has 1 aromatic rings. The molecule has 104 valence electrons. The van der Waals surface area contributed by atoms with Crippen LogP contribution in [-0.2, 0) is 0 Å². The molecule has 0 spiro atoms. The normalized spacial score (nSPS) is 23.7. The Balaban J connectivity index is 1.89. The molecule has 2 rings (SSSR count). The summed E-state index contributed by atoms with van der Waals surface area (Å²) >= 11 is 5.64. The first-order valence-corrected chi connectivity index (χ1v) is 7.62. The van der Waals surface area contributed by atoms with Crippen LogP contribution < -0.4 is 4.74 Å². The third-order valence-corrected chi connectivity index (χ3v) is 3.91. The van der Waals surface area contributed by atoms with Gasteiger partial charge in [-0.05, 0) is 50.2 Å². The first kappa shape index (κ1) is 14.4. The Hall–Kier alpha value is -1.02. The van der Waals surface area contributed by atoms with Crippen LogP contribution in [0.2, 0.25) is 0 Å². The molecule has 1 saturated carbocycles. The lowest BCUT2D eigenvalue weighted by Crippen LogP contribution is -2.12. The van der Waals surface area contributed by atoms with E-state index in [0.29, 0.717) is 11.8 Å². The van der Waals surface area contributed by atoms with Gasteiger partial charge in [-0.15, -0.1) is 0 Å². The second-order valence-electron chi connectivity index (χ2n) is 5.20. The number of allylic oxidation sites excluding steroid dienone is 1. The largest absolute Gasteiger partial charge is 0.492 e. The zero-order valence-electron chi connectivity index (χ0n) is 11.5. The number of pyridine rings is 1. The minimum absolute atomic E-state index is 0.597. The lowest BCUT2D eigenvalue weighted by atomic mass is 9.80. The van der Waals surface area contributed by atoms with Gasteiger partial charge < -0.3 is 4.74 Å². The second-order valence-corrected chi connectivity index (χ2v) is 5.45. The Kier molecular flexibility index (Phi) is 5.71. The molecule has 0 bridgehead atoms. The molecule has 0 unspecified atom stereocenters. The summed E-state index contributed by atoms with van der Waals surface area (Å²) in [6.07, 6.45) is 9.83. The van der Waals surface area contributed by atoms with Crippen molar-refractivity contribution in [3.05, 3.63) is 35.6 Å². The van der Waals surface area contributed by atoms with E-state index in [2.05, 4.69) is 24.1 Å². The van der Waals surface area contributed by atoms with Crippen LogP contribution in [0, 0.1) is 5.92 Å². The maximum Gasteiger partial charge on any atom is 0.137 e. The number of rotatable bonds is 5. The van der Waals surface area contributed by atoms with Crippen LogP contribution in [0.15, 0.2) is 29.9 Å². The first-order valence-electron chi connectivity index (χ1n) is 7.19. The quantitative estimate of drug-likeness (QED) is 0.765. The third-order valence-electron chi connectivity index (χ3n) is 3.77. The number of nitrogens with zero attached hydrogens (tertiary/aromatic N) is 1. The number of hydrogen-bond donors (Lipinski definition) is 0. The van der Waals surface area contributed by atoms with Crippen molar-refractivity contribution in [1.82, 2.24) is 4.98 Å². The SMILES string of the molecule is CCCOc1ccc([C@H]2CC[C@H](/C=C/Cl)CC2)nc1. The number of hydrogen-bond acceptors (Lipinski definition) is 2. The molecule has 0 aliphatic heterocycles. The summed E-state index contributed by atoms with van der Waals surface area (Å²) in [7, 11) is 0. The topological polar surface area (TPSA) is 22.1 Å². The van der Waals surface area contributed by atoms with E-state index in [4.69, 9.17) is 16.3 Å². The summed E-state index contributed by atoms with van der Waals surface area (Å²) in [5.74, 6) is 2.13. The van der Waals surface area contributed by atoms with Gasteiger partial charge >= 0.3 is 0 Å². The van der Waals surface area contributed by atoms with Gasteiger partial charge in [-0.1, -0.05) is 24.6 Å². The van der Waals surface area contributed by atoms with Crippen LogP contribution in [0.25, 0.3) is 0 Å². The van der Waals surface area contributed by atoms with Crippen molar-refractivity contribution >= 4 is 11.6 Å². The highest BCUT2D eigenvalue weighted by Crippen LogP contribution is 2.35. The molecular weight excluding hydrogens is 258 g/mol. The highest BCUT2D eigenvalue weighted by atomic mass is 35.5. The van der Waals surface area contributed by atoms with E-state index in [1.165, 1.54) is 31.4 Å². The van der Waals surface area contributed by atoms with Crippen LogP contribution in [0.4, 0.5) is 0 Å². The van der Waals surface area contributed by atoms with Crippen LogP contribution in [0.1, 0.15) is 50.6 Å². The van der Waals surface area contributed by atoms with Crippen LogP contribution in [0.5, 0.6) is 5.75 Å². The molecule has 0 N–H and O–H groups in total. The van der Waals surface area contributed by atoms with Crippen molar-refractivity contribution in [3.63, 3.8) is 0 Å². The monoisotopic (exact) mass is 279 g/mol. The molecule has 19 heavy (non-hydrogen) atoms. The lowest BCUT2D eigenvalue weighted by molar-refractivity contribution is 0.315. The molecule has 0 saturated heterocycles. The van der Waals surface area contributed by atoms with E-state index in [-0.39, 0.29) is 0 Å². The van der Waals surface area contributed by atoms with Crippen LogP contribution >= 0.6 is 11.6 Å². The number of aromatic nitrogens is 1. The van der Waals surface area contributed by atoms with E-state index in [9.17, 15) is 0 Å². The van der Waals surface area contributed by atoms with Crippen molar-refractivity contribution in [1.29, 1.82) is 0 Å². The zero-order chi connectivity index (χ0) is 13.5. The highest BCUT2D eigenvalue weighted by molar-refractivity contribution is 6.25. The van der Waals surface area contributed by atoms with Crippen LogP contribution in [0.3, 0.4) is 0 Å². The second kappa shape index (κ2) is 7.54. The number of ether oxygens (including phenoxy) is 1. The molecule has 0 atom stereocenters. The van der Waals surface area contributed by atoms with Crippen molar-refractivity contribution in [2.24, 2.45) is 5.92 Å². The van der Waals surface area contributed by atoms with E-state index >= 15 is 0 Å². The minimum Gasteiger partial charge on any atom is -0.492 e.